The molecule has 0 bridgehead atoms. The number of nitrogens with zero attached hydrogens (tertiary/aromatic N) is 2. The maximum Gasteiger partial charge on any atom is 0.255 e. The molecule has 3 amide bonds. The Balaban J connectivity index is 1.23. The van der Waals surface area contributed by atoms with E-state index in [1.807, 2.05) is 48.5 Å². The minimum Gasteiger partial charge on any atom is -0.351 e. The molecule has 2 aromatic rings. The van der Waals surface area contributed by atoms with Crippen LogP contribution in [0.3, 0.4) is 0 Å². The summed E-state index contributed by atoms with van der Waals surface area (Å²) in [6.45, 7) is 1.84. The molecule has 2 heterocycles. The van der Waals surface area contributed by atoms with Crippen molar-refractivity contribution in [3.63, 3.8) is 0 Å². The molecule has 2 fully saturated rings. The Morgan fingerprint density at radius 3 is 2.28 bits per heavy atom. The van der Waals surface area contributed by atoms with Crippen LogP contribution in [-0.2, 0) is 9.59 Å². The second-order valence-electron chi connectivity index (χ2n) is 8.13. The number of para-hydroxylation sites is 1. The highest BCUT2D eigenvalue weighted by Gasteiger charge is 2.36. The molecule has 4 rings (SSSR count). The van der Waals surface area contributed by atoms with Crippen molar-refractivity contribution in [3.05, 3.63) is 66.2 Å². The van der Waals surface area contributed by atoms with Crippen LogP contribution in [0.2, 0.25) is 0 Å². The largest absolute Gasteiger partial charge is 0.351 e. The summed E-state index contributed by atoms with van der Waals surface area (Å²) in [5.74, 6) is 0.926. The molecule has 0 unspecified atom stereocenters. The van der Waals surface area contributed by atoms with E-state index in [4.69, 9.17) is 0 Å². The first-order chi connectivity index (χ1) is 15.6. The van der Waals surface area contributed by atoms with E-state index in [9.17, 15) is 14.4 Å². The zero-order valence-electron chi connectivity index (χ0n) is 17.9. The van der Waals surface area contributed by atoms with Gasteiger partial charge in [-0.1, -0.05) is 36.4 Å². The van der Waals surface area contributed by atoms with E-state index in [-0.39, 0.29) is 23.8 Å². The highest BCUT2D eigenvalue weighted by Crippen LogP contribution is 2.24. The second-order valence-corrected chi connectivity index (χ2v) is 9.13. The summed E-state index contributed by atoms with van der Waals surface area (Å²) in [6, 6.07) is 18.2. The Hall–Kier alpha value is -2.84. The Labute approximate surface area is 192 Å². The molecule has 2 aliphatic rings. The molecule has 0 aliphatic carbocycles. The van der Waals surface area contributed by atoms with E-state index >= 15 is 0 Å². The summed E-state index contributed by atoms with van der Waals surface area (Å²) in [7, 11) is 0. The molecule has 168 valence electrons. The number of amides is 3. The van der Waals surface area contributed by atoms with Gasteiger partial charge in [0.2, 0.25) is 11.8 Å². The number of hydrogen-bond donors (Lipinski definition) is 2. The van der Waals surface area contributed by atoms with E-state index in [0.717, 1.165) is 31.6 Å². The van der Waals surface area contributed by atoms with Crippen LogP contribution < -0.4 is 10.6 Å². The summed E-state index contributed by atoms with van der Waals surface area (Å²) < 4.78 is 0. The Morgan fingerprint density at radius 1 is 0.938 bits per heavy atom. The first-order valence-corrected chi connectivity index (χ1v) is 12.1. The maximum absolute atomic E-state index is 12.9. The molecule has 1 atom stereocenters. The monoisotopic (exact) mass is 452 g/mol. The zero-order valence-corrected chi connectivity index (χ0v) is 18.7. The summed E-state index contributed by atoms with van der Waals surface area (Å²) in [4.78, 5) is 41.8. The third-order valence-electron chi connectivity index (χ3n) is 5.83. The standard InChI is InChI=1S/C24H28N4O3S/c29-22(25-19-9-5-2-6-10-19)15-27-13-11-20(12-14-27)26-23(30)21-16-32-17-28(21)24(31)18-7-3-1-4-8-18/h1-10,20-21H,11-17H2,(H,25,29)(H,26,30)/t21-/m0/s1. The van der Waals surface area contributed by atoms with Gasteiger partial charge in [0.1, 0.15) is 6.04 Å². The second kappa shape index (κ2) is 10.7. The quantitative estimate of drug-likeness (QED) is 0.704. The molecule has 0 saturated carbocycles. The molecular formula is C24H28N4O3S. The fraction of sp³-hybridized carbons (Fsp3) is 0.375. The van der Waals surface area contributed by atoms with E-state index in [0.29, 0.717) is 23.7 Å². The van der Waals surface area contributed by atoms with Gasteiger partial charge in [-0.2, -0.15) is 0 Å². The molecule has 2 aliphatic heterocycles. The van der Waals surface area contributed by atoms with Gasteiger partial charge in [-0.05, 0) is 37.1 Å². The SMILES string of the molecule is O=C(CN1CCC(NC(=O)[C@@H]2CSCN2C(=O)c2ccccc2)CC1)Nc1ccccc1. The Kier molecular flexibility index (Phi) is 7.44. The number of carbonyl (C=O) groups is 3. The van der Waals surface area contributed by atoms with Gasteiger partial charge in [-0.15, -0.1) is 11.8 Å². The lowest BCUT2D eigenvalue weighted by Crippen LogP contribution is -2.52. The fourth-order valence-electron chi connectivity index (χ4n) is 4.06. The lowest BCUT2D eigenvalue weighted by molar-refractivity contribution is -0.125. The minimum atomic E-state index is -0.442. The average Bonchev–Trinajstić information content (AvgIpc) is 3.31. The zero-order chi connectivity index (χ0) is 22.3. The molecule has 8 heteroatoms. The van der Waals surface area contributed by atoms with Crippen LogP contribution in [-0.4, -0.2) is 70.9 Å². The van der Waals surface area contributed by atoms with Crippen LogP contribution >= 0.6 is 11.8 Å². The van der Waals surface area contributed by atoms with Crippen LogP contribution in [0.5, 0.6) is 0 Å². The average molecular weight is 453 g/mol. The van der Waals surface area contributed by atoms with Crippen LogP contribution in [0.25, 0.3) is 0 Å². The molecule has 0 radical (unpaired) electrons. The molecular weight excluding hydrogens is 424 g/mol. The van der Waals surface area contributed by atoms with Crippen molar-refractivity contribution in [1.29, 1.82) is 0 Å². The number of likely N-dealkylation sites (tertiary alicyclic amines) is 1. The lowest BCUT2D eigenvalue weighted by Gasteiger charge is -2.33. The van der Waals surface area contributed by atoms with Crippen molar-refractivity contribution in [2.75, 3.05) is 36.6 Å². The number of nitrogens with one attached hydrogen (secondary N) is 2. The van der Waals surface area contributed by atoms with Crippen molar-refractivity contribution in [2.24, 2.45) is 0 Å². The number of anilines is 1. The molecule has 2 saturated heterocycles. The van der Waals surface area contributed by atoms with E-state index in [1.54, 1.807) is 28.8 Å². The highest BCUT2D eigenvalue weighted by atomic mass is 32.2. The Bertz CT molecular complexity index is 933. The van der Waals surface area contributed by atoms with Gasteiger partial charge in [0, 0.05) is 36.1 Å². The lowest BCUT2D eigenvalue weighted by atomic mass is 10.0. The number of benzene rings is 2. The number of thioether (sulfide) groups is 1. The van der Waals surface area contributed by atoms with E-state index in [1.165, 1.54) is 0 Å². The topological polar surface area (TPSA) is 81.8 Å². The molecule has 32 heavy (non-hydrogen) atoms. The first kappa shape index (κ1) is 22.4. The van der Waals surface area contributed by atoms with E-state index < -0.39 is 6.04 Å². The van der Waals surface area contributed by atoms with Crippen LogP contribution in [0.15, 0.2) is 60.7 Å². The summed E-state index contributed by atoms with van der Waals surface area (Å²) in [6.07, 6.45) is 1.58. The third kappa shape index (κ3) is 5.69. The van der Waals surface area contributed by atoms with Gasteiger partial charge in [0.25, 0.3) is 5.91 Å². The van der Waals surface area contributed by atoms with Gasteiger partial charge < -0.3 is 15.5 Å². The molecule has 0 aromatic heterocycles. The van der Waals surface area contributed by atoms with Gasteiger partial charge in [-0.25, -0.2) is 0 Å². The fourth-order valence-corrected chi connectivity index (χ4v) is 5.22. The van der Waals surface area contributed by atoms with Gasteiger partial charge in [-0.3, -0.25) is 19.3 Å². The highest BCUT2D eigenvalue weighted by molar-refractivity contribution is 7.99. The number of piperidine rings is 1. The van der Waals surface area contributed by atoms with Crippen molar-refractivity contribution < 1.29 is 14.4 Å². The molecule has 0 spiro atoms. The maximum atomic E-state index is 12.9. The minimum absolute atomic E-state index is 0.0308. The predicted molar refractivity (Wildman–Crippen MR) is 126 cm³/mol. The van der Waals surface area contributed by atoms with Crippen molar-refractivity contribution in [2.45, 2.75) is 24.9 Å². The van der Waals surface area contributed by atoms with Crippen molar-refractivity contribution in [1.82, 2.24) is 15.1 Å². The number of rotatable bonds is 6. The summed E-state index contributed by atoms with van der Waals surface area (Å²) >= 11 is 1.60. The molecule has 2 aromatic carbocycles. The number of carbonyl (C=O) groups excluding carboxylic acids is 3. The molecule has 2 N–H and O–H groups in total. The number of hydrogen-bond acceptors (Lipinski definition) is 5. The van der Waals surface area contributed by atoms with Crippen LogP contribution in [0, 0.1) is 0 Å². The summed E-state index contributed by atoms with van der Waals surface area (Å²) in [5, 5.41) is 6.05. The van der Waals surface area contributed by atoms with Crippen molar-refractivity contribution in [3.8, 4) is 0 Å². The Morgan fingerprint density at radius 2 is 1.59 bits per heavy atom. The van der Waals surface area contributed by atoms with Gasteiger partial charge in [0.15, 0.2) is 0 Å². The predicted octanol–water partition coefficient (Wildman–Crippen LogP) is 2.42. The van der Waals surface area contributed by atoms with E-state index in [2.05, 4.69) is 15.5 Å². The third-order valence-corrected chi connectivity index (χ3v) is 6.84. The van der Waals surface area contributed by atoms with Crippen LogP contribution in [0.1, 0.15) is 23.2 Å². The summed E-state index contributed by atoms with van der Waals surface area (Å²) in [5.41, 5.74) is 1.40. The van der Waals surface area contributed by atoms with Crippen molar-refractivity contribution >= 4 is 35.2 Å². The molecule has 7 nitrogen and oxygen atoms in total. The van der Waals surface area contributed by atoms with Crippen LogP contribution in [0.4, 0.5) is 5.69 Å². The van der Waals surface area contributed by atoms with Gasteiger partial charge in [0.05, 0.1) is 12.4 Å². The first-order valence-electron chi connectivity index (χ1n) is 10.9. The smallest absolute Gasteiger partial charge is 0.255 e. The van der Waals surface area contributed by atoms with Gasteiger partial charge >= 0.3 is 0 Å². The normalized spacial score (nSPS) is 19.5.